The van der Waals surface area contributed by atoms with Gasteiger partial charge in [-0.1, -0.05) is 41.3 Å². The summed E-state index contributed by atoms with van der Waals surface area (Å²) in [5.74, 6) is 3.42. The smallest absolute Gasteiger partial charge is 0.416 e. The van der Waals surface area contributed by atoms with Gasteiger partial charge in [-0.25, -0.2) is 17.9 Å². The molecule has 2 atom stereocenters. The number of carbonyl (C=O) groups is 1. The first-order valence-corrected chi connectivity index (χ1v) is 15.6. The maximum Gasteiger partial charge on any atom is 0.416 e. The Morgan fingerprint density at radius 1 is 1.24 bits per heavy atom. The van der Waals surface area contributed by atoms with Crippen LogP contribution in [0.1, 0.15) is 48.0 Å². The standard InChI is InChI=1S/C30H31Cl2N3O6S/c1-4-27-26(16-19(3)31)25-14-15-35(30(37)41-24-12-8-21(32)9-13-24)29(28(25)34-27)20-6-10-23(11-7-20)40-18-22(36)17-33-42(38,39)5-2/h1,6-13,16,22,29,33-34,36H,5,14-15,17-18H2,2-3H3/b19-16+. The molecule has 1 amide bonds. The minimum atomic E-state index is -3.42. The monoisotopic (exact) mass is 631 g/mol. The Bertz CT molecular complexity index is 1590. The number of hydrogen-bond donors (Lipinski definition) is 3. The van der Waals surface area contributed by atoms with Crippen LogP contribution < -0.4 is 14.2 Å². The number of aliphatic hydroxyl groups excluding tert-OH is 1. The van der Waals surface area contributed by atoms with Crippen LogP contribution in [-0.4, -0.2) is 61.1 Å². The summed E-state index contributed by atoms with van der Waals surface area (Å²) >= 11 is 12.2. The lowest BCUT2D eigenvalue weighted by atomic mass is 9.91. The Labute approximate surface area is 255 Å². The SMILES string of the molecule is C#Cc1[nH]c2c(c1/C=C(\C)Cl)CCN(C(=O)Oc1ccc(Cl)cc1)C2c1ccc(OCC(O)CNS(=O)(=O)CC)cc1. The van der Waals surface area contributed by atoms with E-state index in [-0.39, 0.29) is 18.9 Å². The molecule has 0 aliphatic carbocycles. The van der Waals surface area contributed by atoms with Gasteiger partial charge in [0.05, 0.1) is 11.4 Å². The quantitative estimate of drug-likeness (QED) is 0.269. The zero-order valence-corrected chi connectivity index (χ0v) is 25.4. The molecule has 1 aliphatic heterocycles. The molecule has 0 spiro atoms. The van der Waals surface area contributed by atoms with Crippen molar-refractivity contribution in [2.24, 2.45) is 0 Å². The van der Waals surface area contributed by atoms with Gasteiger partial charge in [-0.15, -0.1) is 6.42 Å². The number of halogens is 2. The van der Waals surface area contributed by atoms with Crippen LogP contribution in [-0.2, 0) is 16.4 Å². The van der Waals surface area contributed by atoms with E-state index in [0.717, 1.165) is 22.4 Å². The van der Waals surface area contributed by atoms with Gasteiger partial charge in [-0.3, -0.25) is 4.90 Å². The van der Waals surface area contributed by atoms with E-state index in [1.54, 1.807) is 48.2 Å². The fourth-order valence-corrected chi connectivity index (χ4v) is 5.48. The number of carbonyl (C=O) groups excluding carboxylic acids is 1. The molecule has 2 unspecified atom stereocenters. The maximum atomic E-state index is 13.5. The summed E-state index contributed by atoms with van der Waals surface area (Å²) in [7, 11) is -3.42. The van der Waals surface area contributed by atoms with Gasteiger partial charge in [0, 0.05) is 34.4 Å². The minimum absolute atomic E-state index is 0.0813. The molecule has 2 aromatic carbocycles. The molecule has 0 fully saturated rings. The van der Waals surface area contributed by atoms with Gasteiger partial charge < -0.3 is 19.6 Å². The first-order chi connectivity index (χ1) is 20.0. The summed E-state index contributed by atoms with van der Waals surface area (Å²) in [6, 6.07) is 13.0. The molecule has 222 valence electrons. The predicted molar refractivity (Wildman–Crippen MR) is 163 cm³/mol. The van der Waals surface area contributed by atoms with Crippen LogP contribution in [0.3, 0.4) is 0 Å². The van der Waals surface area contributed by atoms with Gasteiger partial charge in [0.25, 0.3) is 0 Å². The number of ether oxygens (including phenoxy) is 2. The normalized spacial score (nSPS) is 16.0. The van der Waals surface area contributed by atoms with E-state index in [4.69, 9.17) is 39.1 Å². The van der Waals surface area contributed by atoms with E-state index < -0.39 is 28.3 Å². The lowest BCUT2D eigenvalue weighted by Gasteiger charge is -2.35. The molecule has 42 heavy (non-hydrogen) atoms. The van der Waals surface area contributed by atoms with Gasteiger partial charge in [0.1, 0.15) is 30.3 Å². The molecular formula is C30H31Cl2N3O6S. The van der Waals surface area contributed by atoms with Crippen LogP contribution in [0.5, 0.6) is 11.5 Å². The number of aromatic amines is 1. The molecule has 0 bridgehead atoms. The highest BCUT2D eigenvalue weighted by molar-refractivity contribution is 7.89. The largest absolute Gasteiger partial charge is 0.491 e. The number of rotatable bonds is 10. The van der Waals surface area contributed by atoms with E-state index in [9.17, 15) is 18.3 Å². The molecule has 0 saturated heterocycles. The van der Waals surface area contributed by atoms with Crippen molar-refractivity contribution < 1.29 is 27.8 Å². The number of hydrogen-bond acceptors (Lipinski definition) is 6. The summed E-state index contributed by atoms with van der Waals surface area (Å²) < 4.78 is 36.9. The number of nitrogens with one attached hydrogen (secondary N) is 2. The van der Waals surface area contributed by atoms with Crippen LogP contribution in [0.25, 0.3) is 6.08 Å². The second-order valence-electron chi connectivity index (χ2n) is 9.63. The van der Waals surface area contributed by atoms with E-state index >= 15 is 0 Å². The highest BCUT2D eigenvalue weighted by atomic mass is 35.5. The van der Waals surface area contributed by atoms with E-state index in [2.05, 4.69) is 15.6 Å². The molecule has 1 aliphatic rings. The number of amides is 1. The summed E-state index contributed by atoms with van der Waals surface area (Å²) in [4.78, 5) is 18.4. The lowest BCUT2D eigenvalue weighted by Crippen LogP contribution is -2.42. The van der Waals surface area contributed by atoms with Crippen LogP contribution in [0.4, 0.5) is 4.79 Å². The second-order valence-corrected chi connectivity index (χ2v) is 12.8. The average molecular weight is 633 g/mol. The van der Waals surface area contributed by atoms with Crippen molar-refractivity contribution in [2.45, 2.75) is 32.4 Å². The third-order valence-electron chi connectivity index (χ3n) is 6.67. The molecule has 12 heteroatoms. The number of nitrogens with zero attached hydrogens (tertiary/aromatic N) is 1. The number of aromatic nitrogens is 1. The van der Waals surface area contributed by atoms with Crippen molar-refractivity contribution in [3.63, 3.8) is 0 Å². The number of allylic oxidation sites excluding steroid dienone is 1. The first-order valence-electron chi connectivity index (χ1n) is 13.2. The number of benzene rings is 2. The summed E-state index contributed by atoms with van der Waals surface area (Å²) in [5.41, 5.74) is 3.84. The minimum Gasteiger partial charge on any atom is -0.491 e. The molecule has 4 rings (SSSR count). The Morgan fingerprint density at radius 2 is 1.90 bits per heavy atom. The highest BCUT2D eigenvalue weighted by Crippen LogP contribution is 2.39. The Balaban J connectivity index is 1.61. The van der Waals surface area contributed by atoms with Crippen molar-refractivity contribution in [1.82, 2.24) is 14.6 Å². The van der Waals surface area contributed by atoms with E-state index in [0.29, 0.717) is 40.2 Å². The Hall–Kier alpha value is -3.46. The van der Waals surface area contributed by atoms with Crippen LogP contribution in [0, 0.1) is 12.3 Å². The summed E-state index contributed by atoms with van der Waals surface area (Å²) in [6.07, 6.45) is 6.57. The van der Waals surface area contributed by atoms with Crippen molar-refractivity contribution in [3.8, 4) is 23.8 Å². The highest BCUT2D eigenvalue weighted by Gasteiger charge is 2.36. The van der Waals surface area contributed by atoms with Crippen molar-refractivity contribution in [1.29, 1.82) is 0 Å². The number of terminal acetylenes is 1. The fraction of sp³-hybridized carbons (Fsp3) is 0.300. The zero-order chi connectivity index (χ0) is 30.4. The fourth-order valence-electron chi connectivity index (χ4n) is 4.59. The average Bonchev–Trinajstić information content (AvgIpc) is 3.32. The molecule has 1 aromatic heterocycles. The van der Waals surface area contributed by atoms with Crippen LogP contribution in [0.2, 0.25) is 5.02 Å². The van der Waals surface area contributed by atoms with Crippen molar-refractivity contribution >= 4 is 45.4 Å². The topological polar surface area (TPSA) is 121 Å². The molecule has 0 radical (unpaired) electrons. The Morgan fingerprint density at radius 3 is 2.52 bits per heavy atom. The van der Waals surface area contributed by atoms with Gasteiger partial charge >= 0.3 is 6.09 Å². The second kappa shape index (κ2) is 13.7. The van der Waals surface area contributed by atoms with Crippen LogP contribution >= 0.6 is 23.2 Å². The van der Waals surface area contributed by atoms with Gasteiger partial charge in [-0.2, -0.15) is 0 Å². The molecule has 3 N–H and O–H groups in total. The lowest BCUT2D eigenvalue weighted by molar-refractivity contribution is 0.111. The van der Waals surface area contributed by atoms with Crippen LogP contribution in [0.15, 0.2) is 53.6 Å². The van der Waals surface area contributed by atoms with Crippen molar-refractivity contribution in [2.75, 3.05) is 25.4 Å². The third kappa shape index (κ3) is 7.68. The number of H-pyrrole nitrogens is 1. The predicted octanol–water partition coefficient (Wildman–Crippen LogP) is 5.07. The third-order valence-corrected chi connectivity index (χ3v) is 8.39. The van der Waals surface area contributed by atoms with E-state index in [1.165, 1.54) is 6.92 Å². The van der Waals surface area contributed by atoms with Gasteiger partial charge in [-0.05, 0) is 73.9 Å². The zero-order valence-electron chi connectivity index (χ0n) is 23.1. The molecular weight excluding hydrogens is 601 g/mol. The number of sulfonamides is 1. The molecule has 3 aromatic rings. The molecule has 0 saturated carbocycles. The Kier molecular flexibility index (Phi) is 10.2. The number of fused-ring (bicyclic) bond motifs is 1. The van der Waals surface area contributed by atoms with Gasteiger partial charge in [0.15, 0.2) is 0 Å². The molecule has 2 heterocycles. The number of aliphatic hydroxyl groups is 1. The molecule has 9 nitrogen and oxygen atoms in total. The van der Waals surface area contributed by atoms with Gasteiger partial charge in [0.2, 0.25) is 10.0 Å². The van der Waals surface area contributed by atoms with E-state index in [1.807, 2.05) is 18.2 Å². The first kappa shape index (κ1) is 31.5. The van der Waals surface area contributed by atoms with Crippen molar-refractivity contribution in [3.05, 3.63) is 86.7 Å². The summed E-state index contributed by atoms with van der Waals surface area (Å²) in [5, 5.41) is 11.2. The maximum absolute atomic E-state index is 13.5. The summed E-state index contributed by atoms with van der Waals surface area (Å²) in [6.45, 7) is 3.36.